The van der Waals surface area contributed by atoms with Gasteiger partial charge in [-0.15, -0.1) is 11.3 Å². The highest BCUT2D eigenvalue weighted by atomic mass is 32.1. The minimum absolute atomic E-state index is 0.0956. The summed E-state index contributed by atoms with van der Waals surface area (Å²) < 4.78 is 0. The molecule has 0 bridgehead atoms. The van der Waals surface area contributed by atoms with Crippen LogP contribution in [0.15, 0.2) is 6.20 Å². The highest BCUT2D eigenvalue weighted by molar-refractivity contribution is 7.13. The van der Waals surface area contributed by atoms with Crippen LogP contribution in [0.25, 0.3) is 0 Å². The fourth-order valence-corrected chi connectivity index (χ4v) is 3.19. The Kier molecular flexibility index (Phi) is 3.79. The van der Waals surface area contributed by atoms with E-state index in [2.05, 4.69) is 11.9 Å². The van der Waals surface area contributed by atoms with Crippen LogP contribution in [0.5, 0.6) is 0 Å². The summed E-state index contributed by atoms with van der Waals surface area (Å²) in [7, 11) is 0. The van der Waals surface area contributed by atoms with Crippen molar-refractivity contribution in [1.82, 2.24) is 9.88 Å². The van der Waals surface area contributed by atoms with E-state index in [1.54, 1.807) is 6.20 Å². The molecule has 1 amide bonds. The number of aromatic nitrogens is 1. The molecule has 0 spiro atoms. The van der Waals surface area contributed by atoms with Gasteiger partial charge < -0.3 is 10.6 Å². The number of hydrogen-bond acceptors (Lipinski definition) is 4. The van der Waals surface area contributed by atoms with Crippen LogP contribution >= 0.6 is 11.3 Å². The minimum Gasteiger partial charge on any atom is -0.331 e. The number of nitrogens with zero attached hydrogens (tertiary/aromatic N) is 2. The molecular weight excluding hydrogens is 234 g/mol. The van der Waals surface area contributed by atoms with Gasteiger partial charge in [-0.2, -0.15) is 0 Å². The second-order valence-corrected chi connectivity index (χ2v) is 5.86. The van der Waals surface area contributed by atoms with E-state index < -0.39 is 0 Å². The molecule has 1 aromatic heterocycles. The van der Waals surface area contributed by atoms with E-state index in [0.29, 0.717) is 6.54 Å². The van der Waals surface area contributed by atoms with Crippen LogP contribution in [0.3, 0.4) is 0 Å². The maximum Gasteiger partial charge on any atom is 0.266 e. The Morgan fingerprint density at radius 1 is 1.65 bits per heavy atom. The van der Waals surface area contributed by atoms with Gasteiger partial charge >= 0.3 is 0 Å². The summed E-state index contributed by atoms with van der Waals surface area (Å²) in [6.07, 6.45) is 4.93. The van der Waals surface area contributed by atoms with E-state index >= 15 is 0 Å². The van der Waals surface area contributed by atoms with Crippen molar-refractivity contribution in [2.75, 3.05) is 6.54 Å². The highest BCUT2D eigenvalue weighted by Crippen LogP contribution is 2.25. The van der Waals surface area contributed by atoms with E-state index in [0.717, 1.165) is 29.1 Å². The SMILES string of the molecule is Cc1ncc(C(=O)N2C(C)CCCC2CN)s1. The molecule has 1 aliphatic heterocycles. The highest BCUT2D eigenvalue weighted by Gasteiger charge is 2.32. The summed E-state index contributed by atoms with van der Waals surface area (Å²) in [4.78, 5) is 19.3. The Balaban J connectivity index is 2.21. The quantitative estimate of drug-likeness (QED) is 0.874. The van der Waals surface area contributed by atoms with Crippen LogP contribution in [0.2, 0.25) is 0 Å². The molecule has 0 aromatic carbocycles. The smallest absolute Gasteiger partial charge is 0.266 e. The van der Waals surface area contributed by atoms with Gasteiger partial charge in [0.1, 0.15) is 4.88 Å². The molecule has 2 N–H and O–H groups in total. The number of rotatable bonds is 2. The van der Waals surface area contributed by atoms with Crippen LogP contribution in [0.4, 0.5) is 0 Å². The third-order valence-electron chi connectivity index (χ3n) is 3.37. The number of amides is 1. The van der Waals surface area contributed by atoms with E-state index in [-0.39, 0.29) is 18.0 Å². The maximum absolute atomic E-state index is 12.4. The largest absolute Gasteiger partial charge is 0.331 e. The topological polar surface area (TPSA) is 59.2 Å². The van der Waals surface area contributed by atoms with Crippen molar-refractivity contribution < 1.29 is 4.79 Å². The van der Waals surface area contributed by atoms with Gasteiger partial charge in [-0.3, -0.25) is 4.79 Å². The molecule has 5 heteroatoms. The normalized spacial score (nSPS) is 25.0. The second kappa shape index (κ2) is 5.14. The van der Waals surface area contributed by atoms with Crippen molar-refractivity contribution in [2.45, 2.75) is 45.2 Å². The molecule has 17 heavy (non-hydrogen) atoms. The molecule has 0 radical (unpaired) electrons. The van der Waals surface area contributed by atoms with Gasteiger partial charge in [-0.05, 0) is 33.1 Å². The Labute approximate surface area is 106 Å². The van der Waals surface area contributed by atoms with Crippen molar-refractivity contribution in [2.24, 2.45) is 5.73 Å². The lowest BCUT2D eigenvalue weighted by molar-refractivity contribution is 0.0499. The molecule has 2 atom stereocenters. The lowest BCUT2D eigenvalue weighted by atomic mass is 9.96. The molecule has 94 valence electrons. The van der Waals surface area contributed by atoms with Gasteiger partial charge in [-0.1, -0.05) is 0 Å². The first kappa shape index (κ1) is 12.5. The number of likely N-dealkylation sites (tertiary alicyclic amines) is 1. The second-order valence-electron chi connectivity index (χ2n) is 4.63. The lowest BCUT2D eigenvalue weighted by Crippen LogP contribution is -2.51. The van der Waals surface area contributed by atoms with Gasteiger partial charge in [0, 0.05) is 18.6 Å². The standard InChI is InChI=1S/C12H19N3OS/c1-8-4-3-5-10(6-13)15(8)12(16)11-7-14-9(2)17-11/h7-8,10H,3-6,13H2,1-2H3. The van der Waals surface area contributed by atoms with Crippen LogP contribution in [-0.4, -0.2) is 34.4 Å². The molecule has 1 saturated heterocycles. The Bertz CT molecular complexity index is 404. The van der Waals surface area contributed by atoms with Crippen molar-refractivity contribution in [3.05, 3.63) is 16.1 Å². The summed E-state index contributed by atoms with van der Waals surface area (Å²) >= 11 is 1.46. The van der Waals surface area contributed by atoms with E-state index in [9.17, 15) is 4.79 Å². The zero-order valence-electron chi connectivity index (χ0n) is 10.3. The Morgan fingerprint density at radius 3 is 3.00 bits per heavy atom. The van der Waals surface area contributed by atoms with Crippen molar-refractivity contribution >= 4 is 17.2 Å². The average Bonchev–Trinajstić information content (AvgIpc) is 2.74. The molecule has 2 heterocycles. The first-order valence-corrected chi connectivity index (χ1v) is 6.90. The summed E-state index contributed by atoms with van der Waals surface area (Å²) in [6.45, 7) is 4.57. The van der Waals surface area contributed by atoms with Crippen molar-refractivity contribution in [3.63, 3.8) is 0 Å². The number of carbonyl (C=O) groups is 1. The van der Waals surface area contributed by atoms with Crippen molar-refractivity contribution in [1.29, 1.82) is 0 Å². The molecule has 4 nitrogen and oxygen atoms in total. The molecule has 0 saturated carbocycles. The molecule has 1 aliphatic rings. The average molecular weight is 253 g/mol. The molecule has 1 aromatic rings. The zero-order valence-corrected chi connectivity index (χ0v) is 11.2. The number of thiazole rings is 1. The van der Waals surface area contributed by atoms with Crippen molar-refractivity contribution in [3.8, 4) is 0 Å². The number of nitrogens with two attached hydrogens (primary N) is 1. The molecule has 2 rings (SSSR count). The van der Waals surface area contributed by atoms with E-state index in [1.165, 1.54) is 11.3 Å². The van der Waals surface area contributed by atoms with Crippen LogP contribution in [0, 0.1) is 6.92 Å². The van der Waals surface area contributed by atoms with Crippen LogP contribution in [-0.2, 0) is 0 Å². The predicted octanol–water partition coefficient (Wildman–Crippen LogP) is 1.79. The fourth-order valence-electron chi connectivity index (χ4n) is 2.47. The van der Waals surface area contributed by atoms with Gasteiger partial charge in [0.2, 0.25) is 0 Å². The fraction of sp³-hybridized carbons (Fsp3) is 0.667. The first-order valence-electron chi connectivity index (χ1n) is 6.08. The van der Waals surface area contributed by atoms with E-state index in [1.807, 2.05) is 11.8 Å². The van der Waals surface area contributed by atoms with Gasteiger partial charge in [0.15, 0.2) is 0 Å². The van der Waals surface area contributed by atoms with Crippen LogP contribution < -0.4 is 5.73 Å². The third kappa shape index (κ3) is 2.50. The third-order valence-corrected chi connectivity index (χ3v) is 4.27. The summed E-state index contributed by atoms with van der Waals surface area (Å²) in [5.74, 6) is 0.0956. The van der Waals surface area contributed by atoms with Gasteiger partial charge in [-0.25, -0.2) is 4.98 Å². The number of aryl methyl sites for hydroxylation is 1. The minimum atomic E-state index is 0.0956. The molecular formula is C12H19N3OS. The molecule has 2 unspecified atom stereocenters. The van der Waals surface area contributed by atoms with E-state index in [4.69, 9.17) is 5.73 Å². The predicted molar refractivity (Wildman–Crippen MR) is 69.2 cm³/mol. The monoisotopic (exact) mass is 253 g/mol. The van der Waals surface area contributed by atoms with Crippen LogP contribution in [0.1, 0.15) is 40.9 Å². The zero-order chi connectivity index (χ0) is 12.4. The Morgan fingerprint density at radius 2 is 2.41 bits per heavy atom. The Hall–Kier alpha value is -0.940. The maximum atomic E-state index is 12.4. The lowest BCUT2D eigenvalue weighted by Gasteiger charge is -2.40. The summed E-state index contributed by atoms with van der Waals surface area (Å²) in [5.41, 5.74) is 5.77. The number of piperidine rings is 1. The number of carbonyl (C=O) groups excluding carboxylic acids is 1. The summed E-state index contributed by atoms with van der Waals surface area (Å²) in [6, 6.07) is 0.473. The number of hydrogen-bond donors (Lipinski definition) is 1. The molecule has 0 aliphatic carbocycles. The summed E-state index contributed by atoms with van der Waals surface area (Å²) in [5, 5.41) is 0.933. The molecule has 1 fully saturated rings. The van der Waals surface area contributed by atoms with Gasteiger partial charge in [0.05, 0.1) is 11.2 Å². The van der Waals surface area contributed by atoms with Gasteiger partial charge in [0.25, 0.3) is 5.91 Å². The first-order chi connectivity index (χ1) is 8.13.